The summed E-state index contributed by atoms with van der Waals surface area (Å²) in [5, 5.41) is 3.70. The molecule has 94 valence electrons. The molecule has 1 aliphatic rings. The first-order valence-corrected chi connectivity index (χ1v) is 6.51. The van der Waals surface area contributed by atoms with Crippen LogP contribution in [0.1, 0.15) is 43.7 Å². The van der Waals surface area contributed by atoms with Gasteiger partial charge in [0.05, 0.1) is 7.11 Å². The number of hydrogen-bond donors (Lipinski definition) is 1. The Balaban J connectivity index is 1.97. The van der Waals surface area contributed by atoms with E-state index in [1.807, 2.05) is 0 Å². The van der Waals surface area contributed by atoms with Crippen LogP contribution in [0.15, 0.2) is 18.2 Å². The molecular weight excluding hydrogens is 210 g/mol. The molecule has 17 heavy (non-hydrogen) atoms. The van der Waals surface area contributed by atoms with E-state index < -0.39 is 0 Å². The molecule has 2 nitrogen and oxygen atoms in total. The monoisotopic (exact) mass is 233 g/mol. The number of rotatable bonds is 4. The van der Waals surface area contributed by atoms with Crippen LogP contribution < -0.4 is 10.1 Å². The molecule has 0 aromatic heterocycles. The average Bonchev–Trinajstić information content (AvgIpc) is 2.74. The third-order valence-corrected chi connectivity index (χ3v) is 3.89. The molecule has 1 aliphatic carbocycles. The molecule has 0 radical (unpaired) electrons. The SMILES string of the molecule is COc1ccc(CNC2(C)CCCC2)cc1C. The summed E-state index contributed by atoms with van der Waals surface area (Å²) >= 11 is 0. The summed E-state index contributed by atoms with van der Waals surface area (Å²) in [5.41, 5.74) is 2.91. The molecule has 0 atom stereocenters. The largest absolute Gasteiger partial charge is 0.496 e. The Morgan fingerprint density at radius 1 is 1.29 bits per heavy atom. The maximum absolute atomic E-state index is 5.28. The predicted molar refractivity (Wildman–Crippen MR) is 71.4 cm³/mol. The molecule has 1 saturated carbocycles. The number of benzene rings is 1. The fourth-order valence-corrected chi connectivity index (χ4v) is 2.70. The van der Waals surface area contributed by atoms with Gasteiger partial charge in [-0.15, -0.1) is 0 Å². The van der Waals surface area contributed by atoms with Crippen LogP contribution in [0.2, 0.25) is 0 Å². The summed E-state index contributed by atoms with van der Waals surface area (Å²) in [4.78, 5) is 0. The minimum absolute atomic E-state index is 0.355. The van der Waals surface area contributed by atoms with Crippen molar-refractivity contribution in [3.8, 4) is 5.75 Å². The molecule has 0 spiro atoms. The first-order chi connectivity index (χ1) is 8.13. The molecule has 0 bridgehead atoms. The molecule has 1 N–H and O–H groups in total. The van der Waals surface area contributed by atoms with Gasteiger partial charge in [0.1, 0.15) is 5.75 Å². The molecular formula is C15H23NO. The summed E-state index contributed by atoms with van der Waals surface area (Å²) in [6.07, 6.45) is 5.35. The van der Waals surface area contributed by atoms with E-state index in [2.05, 4.69) is 37.4 Å². The van der Waals surface area contributed by atoms with Crippen molar-refractivity contribution in [2.45, 2.75) is 51.6 Å². The van der Waals surface area contributed by atoms with Gasteiger partial charge in [0.25, 0.3) is 0 Å². The molecule has 0 unspecified atom stereocenters. The van der Waals surface area contributed by atoms with E-state index in [4.69, 9.17) is 4.74 Å². The lowest BCUT2D eigenvalue weighted by Crippen LogP contribution is -2.38. The summed E-state index contributed by atoms with van der Waals surface area (Å²) in [5.74, 6) is 0.973. The van der Waals surface area contributed by atoms with Crippen LogP contribution >= 0.6 is 0 Å². The Labute approximate surface area is 104 Å². The van der Waals surface area contributed by atoms with Gasteiger partial charge in [-0.1, -0.05) is 25.0 Å². The third-order valence-electron chi connectivity index (χ3n) is 3.89. The molecule has 0 aliphatic heterocycles. The number of aryl methyl sites for hydroxylation is 1. The van der Waals surface area contributed by atoms with Crippen molar-refractivity contribution in [1.29, 1.82) is 0 Å². The standard InChI is InChI=1S/C15H23NO/c1-12-10-13(6-7-14(12)17-3)11-16-15(2)8-4-5-9-15/h6-7,10,16H,4-5,8-9,11H2,1-3H3. The van der Waals surface area contributed by atoms with E-state index in [9.17, 15) is 0 Å². The van der Waals surface area contributed by atoms with Crippen molar-refractivity contribution in [3.63, 3.8) is 0 Å². The number of nitrogens with one attached hydrogen (secondary N) is 1. The second-order valence-electron chi connectivity index (χ2n) is 5.43. The lowest BCUT2D eigenvalue weighted by atomic mass is 10.00. The maximum Gasteiger partial charge on any atom is 0.121 e. The molecule has 2 heteroatoms. The predicted octanol–water partition coefficient (Wildman–Crippen LogP) is 3.43. The molecule has 1 aromatic rings. The van der Waals surface area contributed by atoms with Gasteiger partial charge in [-0.25, -0.2) is 0 Å². The van der Waals surface area contributed by atoms with Gasteiger partial charge in [0.15, 0.2) is 0 Å². The highest BCUT2D eigenvalue weighted by Gasteiger charge is 2.27. The van der Waals surface area contributed by atoms with Gasteiger partial charge in [0, 0.05) is 12.1 Å². The number of ether oxygens (including phenoxy) is 1. The summed E-state index contributed by atoms with van der Waals surface area (Å²) in [7, 11) is 1.72. The zero-order valence-electron chi connectivity index (χ0n) is 11.2. The van der Waals surface area contributed by atoms with E-state index in [1.54, 1.807) is 7.11 Å². The van der Waals surface area contributed by atoms with Gasteiger partial charge in [-0.05, 0) is 43.9 Å². The van der Waals surface area contributed by atoms with Crippen LogP contribution in [0.25, 0.3) is 0 Å². The van der Waals surface area contributed by atoms with Gasteiger partial charge >= 0.3 is 0 Å². The molecule has 0 saturated heterocycles. The van der Waals surface area contributed by atoms with Crippen LogP contribution in [0.3, 0.4) is 0 Å². The lowest BCUT2D eigenvalue weighted by molar-refractivity contribution is 0.362. The first kappa shape index (κ1) is 12.4. The Morgan fingerprint density at radius 2 is 2.00 bits per heavy atom. The van der Waals surface area contributed by atoms with E-state index >= 15 is 0 Å². The third kappa shape index (κ3) is 3.01. The fourth-order valence-electron chi connectivity index (χ4n) is 2.70. The van der Waals surface area contributed by atoms with E-state index in [0.29, 0.717) is 5.54 Å². The van der Waals surface area contributed by atoms with E-state index in [1.165, 1.54) is 36.8 Å². The van der Waals surface area contributed by atoms with Crippen molar-refractivity contribution in [3.05, 3.63) is 29.3 Å². The smallest absolute Gasteiger partial charge is 0.121 e. The van der Waals surface area contributed by atoms with Crippen molar-refractivity contribution in [1.82, 2.24) is 5.32 Å². The lowest BCUT2D eigenvalue weighted by Gasteiger charge is -2.25. The topological polar surface area (TPSA) is 21.3 Å². The Kier molecular flexibility index (Phi) is 3.72. The fraction of sp³-hybridized carbons (Fsp3) is 0.600. The Hall–Kier alpha value is -1.02. The van der Waals surface area contributed by atoms with Crippen LogP contribution in [-0.2, 0) is 6.54 Å². The second-order valence-corrected chi connectivity index (χ2v) is 5.43. The summed E-state index contributed by atoms with van der Waals surface area (Å²) in [6.45, 7) is 5.40. The Bertz CT molecular complexity index is 381. The average molecular weight is 233 g/mol. The second kappa shape index (κ2) is 5.09. The molecule has 2 rings (SSSR count). The summed E-state index contributed by atoms with van der Waals surface area (Å²) in [6, 6.07) is 6.42. The van der Waals surface area contributed by atoms with Crippen LogP contribution in [0.5, 0.6) is 5.75 Å². The van der Waals surface area contributed by atoms with Crippen molar-refractivity contribution < 1.29 is 4.74 Å². The van der Waals surface area contributed by atoms with Gasteiger partial charge in [-0.2, -0.15) is 0 Å². The molecule has 1 fully saturated rings. The van der Waals surface area contributed by atoms with Crippen molar-refractivity contribution in [2.24, 2.45) is 0 Å². The van der Waals surface area contributed by atoms with Crippen molar-refractivity contribution >= 4 is 0 Å². The highest BCUT2D eigenvalue weighted by atomic mass is 16.5. The molecule has 0 amide bonds. The zero-order chi connectivity index (χ0) is 12.3. The molecule has 0 heterocycles. The minimum atomic E-state index is 0.355. The first-order valence-electron chi connectivity index (χ1n) is 6.51. The van der Waals surface area contributed by atoms with Crippen LogP contribution in [-0.4, -0.2) is 12.6 Å². The number of hydrogen-bond acceptors (Lipinski definition) is 2. The van der Waals surface area contributed by atoms with E-state index in [0.717, 1.165) is 12.3 Å². The minimum Gasteiger partial charge on any atom is -0.496 e. The van der Waals surface area contributed by atoms with E-state index in [-0.39, 0.29) is 0 Å². The quantitative estimate of drug-likeness (QED) is 0.860. The zero-order valence-corrected chi connectivity index (χ0v) is 11.2. The highest BCUT2D eigenvalue weighted by molar-refractivity contribution is 5.36. The van der Waals surface area contributed by atoms with Crippen molar-refractivity contribution in [2.75, 3.05) is 7.11 Å². The van der Waals surface area contributed by atoms with Gasteiger partial charge < -0.3 is 10.1 Å². The maximum atomic E-state index is 5.28. The van der Waals surface area contributed by atoms with Crippen LogP contribution in [0.4, 0.5) is 0 Å². The highest BCUT2D eigenvalue weighted by Crippen LogP contribution is 2.29. The van der Waals surface area contributed by atoms with Gasteiger partial charge in [0.2, 0.25) is 0 Å². The molecule has 1 aromatic carbocycles. The Morgan fingerprint density at radius 3 is 2.59 bits per heavy atom. The van der Waals surface area contributed by atoms with Gasteiger partial charge in [-0.3, -0.25) is 0 Å². The normalized spacial score (nSPS) is 18.3. The summed E-state index contributed by atoms with van der Waals surface area (Å²) < 4.78 is 5.28. The van der Waals surface area contributed by atoms with Crippen LogP contribution in [0, 0.1) is 6.92 Å². The number of methoxy groups -OCH3 is 1.